The summed E-state index contributed by atoms with van der Waals surface area (Å²) >= 11 is 0. The van der Waals surface area contributed by atoms with Crippen LogP contribution in [0.25, 0.3) is 0 Å². The van der Waals surface area contributed by atoms with Gasteiger partial charge >= 0.3 is 0 Å². The molecule has 0 heterocycles. The van der Waals surface area contributed by atoms with Crippen LogP contribution >= 0.6 is 0 Å². The van der Waals surface area contributed by atoms with Crippen molar-refractivity contribution in [3.63, 3.8) is 0 Å². The van der Waals surface area contributed by atoms with E-state index < -0.39 is 24.2 Å². The molecule has 21 heavy (non-hydrogen) atoms. The lowest BCUT2D eigenvalue weighted by molar-refractivity contribution is 1.20. The van der Waals surface area contributed by atoms with Gasteiger partial charge in [0.25, 0.3) is 0 Å². The second kappa shape index (κ2) is 9.40. The van der Waals surface area contributed by atoms with Crippen molar-refractivity contribution in [3.8, 4) is 0 Å². The van der Waals surface area contributed by atoms with Crippen LogP contribution in [0.1, 0.15) is 20.8 Å². The highest BCUT2D eigenvalue weighted by molar-refractivity contribution is 7.00. The molecule has 0 aromatic carbocycles. The van der Waals surface area contributed by atoms with Gasteiger partial charge in [-0.25, -0.2) is 0 Å². The number of rotatable bonds is 11. The summed E-state index contributed by atoms with van der Waals surface area (Å²) in [5.74, 6) is 0. The molecule has 0 saturated carbocycles. The van der Waals surface area contributed by atoms with Crippen LogP contribution in [-0.2, 0) is 0 Å². The van der Waals surface area contributed by atoms with Crippen molar-refractivity contribution in [1.82, 2.24) is 0 Å². The van der Waals surface area contributed by atoms with Crippen molar-refractivity contribution >= 4 is 42.5 Å². The Balaban J connectivity index is 4.49. The van der Waals surface area contributed by atoms with Gasteiger partial charge in [-0.15, -0.1) is 0 Å². The molecule has 0 N–H and O–H groups in total. The van der Waals surface area contributed by atoms with E-state index in [2.05, 4.69) is 60.1 Å². The van der Waals surface area contributed by atoms with Gasteiger partial charge in [0.15, 0.2) is 0 Å². The van der Waals surface area contributed by atoms with E-state index in [1.54, 1.807) is 28.7 Å². The van der Waals surface area contributed by atoms with E-state index in [1.165, 1.54) is 12.1 Å². The summed E-state index contributed by atoms with van der Waals surface area (Å²) in [6.07, 6.45) is 0. The molecule has 5 heteroatoms. The number of hydrogen-bond donors (Lipinski definition) is 0. The normalized spacial score (nSPS) is 16.9. The molecule has 0 nitrogen and oxygen atoms in total. The summed E-state index contributed by atoms with van der Waals surface area (Å²) in [6.45, 7) is 23.4. The molecular formula is C16H44Si5. The Morgan fingerprint density at radius 2 is 1.24 bits per heavy atom. The van der Waals surface area contributed by atoms with Gasteiger partial charge in [0, 0.05) is 42.5 Å². The van der Waals surface area contributed by atoms with Crippen molar-refractivity contribution in [1.29, 1.82) is 0 Å². The molecule has 0 radical (unpaired) electrons. The first-order chi connectivity index (χ1) is 9.51. The van der Waals surface area contributed by atoms with Crippen molar-refractivity contribution in [2.75, 3.05) is 0 Å². The Labute approximate surface area is 143 Å². The monoisotopic (exact) mass is 376 g/mol. The Kier molecular flexibility index (Phi) is 9.88. The topological polar surface area (TPSA) is 0 Å². The smallest absolute Gasteiger partial charge is 0.0473 e. The zero-order valence-electron chi connectivity index (χ0n) is 16.7. The molecular weight excluding hydrogens is 333 g/mol. The second-order valence-electron chi connectivity index (χ2n) is 9.47. The van der Waals surface area contributed by atoms with Crippen LogP contribution in [0.4, 0.5) is 0 Å². The molecule has 1 atom stereocenters. The molecule has 0 saturated heterocycles. The van der Waals surface area contributed by atoms with Crippen LogP contribution in [-0.4, -0.2) is 42.5 Å². The summed E-state index contributed by atoms with van der Waals surface area (Å²) in [4.78, 5) is 0. The SMILES string of the molecule is CC[Si](C)(CC)C[Si](C)(CC)C[SiH2]C[Si](C)(C)C[SiH](C)C. The third-order valence-corrected chi connectivity index (χ3v) is 38.7. The van der Waals surface area contributed by atoms with E-state index in [9.17, 15) is 0 Å². The highest BCUT2D eigenvalue weighted by Crippen LogP contribution is 2.31. The van der Waals surface area contributed by atoms with Gasteiger partial charge < -0.3 is 0 Å². The standard InChI is InChI=1S/C16H44Si5/c1-10-20(8,11-2)16-21(9,12-3)14-17-13-19(6,7)15-18(4)5/h18H,10-17H2,1-9H3. The predicted octanol–water partition coefficient (Wildman–Crippen LogP) is 5.56. The van der Waals surface area contributed by atoms with E-state index >= 15 is 0 Å². The van der Waals surface area contributed by atoms with E-state index in [4.69, 9.17) is 0 Å². The van der Waals surface area contributed by atoms with Crippen molar-refractivity contribution in [2.45, 2.75) is 101 Å². The molecule has 0 spiro atoms. The van der Waals surface area contributed by atoms with Crippen molar-refractivity contribution in [3.05, 3.63) is 0 Å². The van der Waals surface area contributed by atoms with Crippen molar-refractivity contribution < 1.29 is 0 Å². The average Bonchev–Trinajstić information content (AvgIpc) is 2.36. The van der Waals surface area contributed by atoms with Gasteiger partial charge in [0.05, 0.1) is 0 Å². The Bertz CT molecular complexity index is 286. The first-order valence-electron chi connectivity index (χ1n) is 9.51. The average molecular weight is 377 g/mol. The second-order valence-corrected chi connectivity index (χ2v) is 33.7. The molecule has 0 aliphatic rings. The minimum Gasteiger partial charge on any atom is -0.0724 e. The zero-order valence-corrected chi connectivity index (χ0v) is 22.3. The van der Waals surface area contributed by atoms with Crippen LogP contribution in [0, 0.1) is 0 Å². The fourth-order valence-corrected chi connectivity index (χ4v) is 40.6. The highest BCUT2D eigenvalue weighted by atomic mass is 28.4. The fraction of sp³-hybridized carbons (Fsp3) is 1.00. The first kappa shape index (κ1) is 22.1. The van der Waals surface area contributed by atoms with E-state index in [1.807, 2.05) is 0 Å². The van der Waals surface area contributed by atoms with Crippen molar-refractivity contribution in [2.24, 2.45) is 0 Å². The molecule has 0 fully saturated rings. The van der Waals surface area contributed by atoms with Crippen LogP contribution in [0.2, 0.25) is 80.1 Å². The van der Waals surface area contributed by atoms with Crippen LogP contribution in [0.5, 0.6) is 0 Å². The third kappa shape index (κ3) is 9.08. The van der Waals surface area contributed by atoms with Gasteiger partial charge in [-0.05, 0) is 0 Å². The molecule has 0 bridgehead atoms. The summed E-state index contributed by atoms with van der Waals surface area (Å²) in [5.41, 5.74) is 6.94. The Hall–Kier alpha value is 1.08. The van der Waals surface area contributed by atoms with Gasteiger partial charge in [-0.1, -0.05) is 101 Å². The van der Waals surface area contributed by atoms with E-state index in [0.29, 0.717) is 0 Å². The maximum absolute atomic E-state index is 2.77. The van der Waals surface area contributed by atoms with Crippen LogP contribution in [0.3, 0.4) is 0 Å². The van der Waals surface area contributed by atoms with Gasteiger partial charge in [0.1, 0.15) is 0 Å². The summed E-state index contributed by atoms with van der Waals surface area (Å²) in [6, 6.07) is 4.60. The lowest BCUT2D eigenvalue weighted by Gasteiger charge is -2.36. The molecule has 0 rings (SSSR count). The van der Waals surface area contributed by atoms with Gasteiger partial charge in [-0.2, -0.15) is 0 Å². The minimum absolute atomic E-state index is 0.233. The molecule has 0 aliphatic carbocycles. The lowest BCUT2D eigenvalue weighted by Crippen LogP contribution is -2.44. The number of hydrogen-bond acceptors (Lipinski definition) is 0. The van der Waals surface area contributed by atoms with Crippen LogP contribution in [0.15, 0.2) is 0 Å². The Morgan fingerprint density at radius 3 is 1.62 bits per heavy atom. The summed E-state index contributed by atoms with van der Waals surface area (Å²) < 4.78 is 0. The third-order valence-electron chi connectivity index (χ3n) is 6.01. The maximum atomic E-state index is 2.77. The Morgan fingerprint density at radius 1 is 0.762 bits per heavy atom. The van der Waals surface area contributed by atoms with E-state index in [-0.39, 0.29) is 18.3 Å². The fourth-order valence-electron chi connectivity index (χ4n) is 4.12. The van der Waals surface area contributed by atoms with E-state index in [0.717, 1.165) is 0 Å². The summed E-state index contributed by atoms with van der Waals surface area (Å²) in [7, 11) is -2.65. The first-order valence-corrected chi connectivity index (χ1v) is 24.3. The van der Waals surface area contributed by atoms with Gasteiger partial charge in [-0.3, -0.25) is 0 Å². The molecule has 0 amide bonds. The molecule has 0 aliphatic heterocycles. The quantitative estimate of drug-likeness (QED) is 0.414. The molecule has 128 valence electrons. The maximum Gasteiger partial charge on any atom is 0.0473 e. The largest absolute Gasteiger partial charge is 0.0724 e. The lowest BCUT2D eigenvalue weighted by atomic mass is 10.9. The summed E-state index contributed by atoms with van der Waals surface area (Å²) in [5, 5.41) is 0. The highest BCUT2D eigenvalue weighted by Gasteiger charge is 2.35. The zero-order chi connectivity index (χ0) is 16.7. The van der Waals surface area contributed by atoms with Crippen LogP contribution < -0.4 is 0 Å². The molecule has 0 aromatic rings. The van der Waals surface area contributed by atoms with Gasteiger partial charge in [0.2, 0.25) is 0 Å². The molecule has 0 aromatic heterocycles. The predicted molar refractivity (Wildman–Crippen MR) is 119 cm³/mol. The molecule has 1 unspecified atom stereocenters. The minimum atomic E-state index is -0.883.